The van der Waals surface area contributed by atoms with Crippen LogP contribution in [-0.4, -0.2) is 12.7 Å². The minimum atomic E-state index is 0.395. The number of hydrogen-bond donors (Lipinski definition) is 2. The third-order valence-corrected chi connectivity index (χ3v) is 1.83. The van der Waals surface area contributed by atoms with Gasteiger partial charge in [-0.15, -0.1) is 0 Å². The summed E-state index contributed by atoms with van der Waals surface area (Å²) in [7, 11) is 0. The van der Waals surface area contributed by atoms with Crippen molar-refractivity contribution in [3.05, 3.63) is 0 Å². The summed E-state index contributed by atoms with van der Waals surface area (Å²) in [5.41, 5.74) is 5.64. The van der Waals surface area contributed by atoms with Crippen LogP contribution in [0.1, 0.15) is 19.8 Å². The van der Waals surface area contributed by atoms with Gasteiger partial charge in [0, 0.05) is 12.3 Å². The van der Waals surface area contributed by atoms with Crippen molar-refractivity contribution in [2.24, 2.45) is 11.7 Å². The Morgan fingerprint density at radius 1 is 1.50 bits per heavy atom. The Kier molecular flexibility index (Phi) is 1.86. The molecule has 0 amide bonds. The Hall–Kier alpha value is -0.0800. The molecule has 0 radical (unpaired) electrons. The first-order chi connectivity index (χ1) is 3.79. The number of rotatable bonds is 0. The molecule has 2 heteroatoms. The fourth-order valence-electron chi connectivity index (χ4n) is 1.12. The van der Waals surface area contributed by atoms with Gasteiger partial charge < -0.3 is 5.32 Å². The minimum absolute atomic E-state index is 0.395. The molecule has 1 aliphatic heterocycles. The van der Waals surface area contributed by atoms with Gasteiger partial charge in [0.1, 0.15) is 6.17 Å². The predicted molar refractivity (Wildman–Crippen MR) is 33.2 cm³/mol. The van der Waals surface area contributed by atoms with E-state index in [1.807, 2.05) is 0 Å². The first kappa shape index (κ1) is 6.05. The summed E-state index contributed by atoms with van der Waals surface area (Å²) >= 11 is 0. The molecule has 1 aliphatic rings. The number of nitrogens with two attached hydrogens (primary N) is 2. The molecule has 1 heterocycles. The third-order valence-electron chi connectivity index (χ3n) is 1.83. The van der Waals surface area contributed by atoms with Crippen LogP contribution in [0.25, 0.3) is 0 Å². The normalized spacial score (nSPS) is 39.8. The first-order valence-electron chi connectivity index (χ1n) is 3.38. The molecule has 0 aliphatic carbocycles. The largest absolute Gasteiger partial charge is 0.331 e. The SMILES string of the molecule is CC1CCC(N)[NH2+]C1. The maximum atomic E-state index is 5.64. The van der Waals surface area contributed by atoms with Gasteiger partial charge in [-0.25, -0.2) is 0 Å². The number of quaternary nitrogens is 1. The first-order valence-corrected chi connectivity index (χ1v) is 3.38. The molecule has 8 heavy (non-hydrogen) atoms. The van der Waals surface area contributed by atoms with Crippen LogP contribution in [0, 0.1) is 5.92 Å². The minimum Gasteiger partial charge on any atom is -0.331 e. The highest BCUT2D eigenvalue weighted by molar-refractivity contribution is 4.57. The average Bonchev–Trinajstić information content (AvgIpc) is 1.77. The maximum Gasteiger partial charge on any atom is 0.137 e. The van der Waals surface area contributed by atoms with Crippen molar-refractivity contribution >= 4 is 0 Å². The van der Waals surface area contributed by atoms with Gasteiger partial charge in [-0.1, -0.05) is 6.92 Å². The third kappa shape index (κ3) is 1.46. The van der Waals surface area contributed by atoms with Crippen LogP contribution >= 0.6 is 0 Å². The van der Waals surface area contributed by atoms with Crippen LogP contribution in [0.15, 0.2) is 0 Å². The van der Waals surface area contributed by atoms with E-state index in [0.717, 1.165) is 5.92 Å². The Morgan fingerprint density at radius 2 is 2.25 bits per heavy atom. The molecule has 4 N–H and O–H groups in total. The number of piperidine rings is 1. The summed E-state index contributed by atoms with van der Waals surface area (Å²) in [4.78, 5) is 0. The van der Waals surface area contributed by atoms with Crippen LogP contribution in [0.2, 0.25) is 0 Å². The molecule has 1 rings (SSSR count). The standard InChI is InChI=1S/C6H14N2/c1-5-2-3-6(7)8-4-5/h5-6,8H,2-4,7H2,1H3/p+1. The van der Waals surface area contributed by atoms with Crippen LogP contribution in [0.5, 0.6) is 0 Å². The zero-order valence-corrected chi connectivity index (χ0v) is 5.43. The van der Waals surface area contributed by atoms with Gasteiger partial charge in [0.2, 0.25) is 0 Å². The molecule has 2 unspecified atom stereocenters. The van der Waals surface area contributed by atoms with E-state index in [0.29, 0.717) is 6.17 Å². The van der Waals surface area contributed by atoms with Gasteiger partial charge in [-0.2, -0.15) is 0 Å². The van der Waals surface area contributed by atoms with Crippen molar-refractivity contribution in [3.63, 3.8) is 0 Å². The lowest BCUT2D eigenvalue weighted by molar-refractivity contribution is -0.702. The van der Waals surface area contributed by atoms with Crippen molar-refractivity contribution in [1.29, 1.82) is 0 Å². The van der Waals surface area contributed by atoms with Gasteiger partial charge in [0.25, 0.3) is 0 Å². The zero-order valence-electron chi connectivity index (χ0n) is 5.43. The fourth-order valence-corrected chi connectivity index (χ4v) is 1.12. The lowest BCUT2D eigenvalue weighted by Crippen LogP contribution is -2.95. The summed E-state index contributed by atoms with van der Waals surface area (Å²) < 4.78 is 0. The summed E-state index contributed by atoms with van der Waals surface area (Å²) in [6.45, 7) is 3.50. The van der Waals surface area contributed by atoms with Crippen LogP contribution in [0.3, 0.4) is 0 Å². The Morgan fingerprint density at radius 3 is 2.62 bits per heavy atom. The molecule has 0 spiro atoms. The molecule has 0 aromatic rings. The predicted octanol–water partition coefficient (Wildman–Crippen LogP) is -0.735. The summed E-state index contributed by atoms with van der Waals surface area (Å²) in [6.07, 6.45) is 2.91. The van der Waals surface area contributed by atoms with Crippen molar-refractivity contribution in [1.82, 2.24) is 0 Å². The summed E-state index contributed by atoms with van der Waals surface area (Å²) in [5.74, 6) is 0.884. The molecule has 1 saturated heterocycles. The molecule has 0 aromatic heterocycles. The molecular weight excluding hydrogens is 100 g/mol. The van der Waals surface area contributed by atoms with Crippen molar-refractivity contribution < 1.29 is 5.32 Å². The van der Waals surface area contributed by atoms with E-state index in [1.54, 1.807) is 0 Å². The average molecular weight is 115 g/mol. The van der Waals surface area contributed by atoms with E-state index in [2.05, 4.69) is 12.2 Å². The second-order valence-electron chi connectivity index (χ2n) is 2.82. The van der Waals surface area contributed by atoms with Gasteiger partial charge in [-0.3, -0.25) is 5.73 Å². The van der Waals surface area contributed by atoms with E-state index < -0.39 is 0 Å². The molecule has 0 saturated carbocycles. The second-order valence-corrected chi connectivity index (χ2v) is 2.82. The summed E-state index contributed by atoms with van der Waals surface area (Å²) in [6, 6.07) is 0. The van der Waals surface area contributed by atoms with E-state index in [-0.39, 0.29) is 0 Å². The highest BCUT2D eigenvalue weighted by atomic mass is 15.0. The Balaban J connectivity index is 2.19. The van der Waals surface area contributed by atoms with Crippen LogP contribution < -0.4 is 11.1 Å². The smallest absolute Gasteiger partial charge is 0.137 e. The van der Waals surface area contributed by atoms with E-state index >= 15 is 0 Å². The van der Waals surface area contributed by atoms with Crippen LogP contribution in [0.4, 0.5) is 0 Å². The lowest BCUT2D eigenvalue weighted by Gasteiger charge is -2.20. The topological polar surface area (TPSA) is 42.6 Å². The van der Waals surface area contributed by atoms with Crippen molar-refractivity contribution in [3.8, 4) is 0 Å². The Bertz CT molecular complexity index is 54.9. The highest BCUT2D eigenvalue weighted by Gasteiger charge is 2.16. The maximum absolute atomic E-state index is 5.64. The summed E-state index contributed by atoms with van der Waals surface area (Å²) in [5, 5.41) is 2.23. The molecule has 0 bridgehead atoms. The van der Waals surface area contributed by atoms with E-state index in [1.165, 1.54) is 19.4 Å². The quantitative estimate of drug-likeness (QED) is 0.429. The Labute approximate surface area is 50.4 Å². The fraction of sp³-hybridized carbons (Fsp3) is 1.00. The van der Waals surface area contributed by atoms with E-state index in [4.69, 9.17) is 5.73 Å². The van der Waals surface area contributed by atoms with Gasteiger partial charge in [0.15, 0.2) is 0 Å². The molecule has 2 nitrogen and oxygen atoms in total. The lowest BCUT2D eigenvalue weighted by atomic mass is 10.0. The van der Waals surface area contributed by atoms with Gasteiger partial charge in [0.05, 0.1) is 6.54 Å². The van der Waals surface area contributed by atoms with Crippen molar-refractivity contribution in [2.45, 2.75) is 25.9 Å². The van der Waals surface area contributed by atoms with Gasteiger partial charge >= 0.3 is 0 Å². The molecule has 2 atom stereocenters. The molecule has 1 fully saturated rings. The van der Waals surface area contributed by atoms with Crippen molar-refractivity contribution in [2.75, 3.05) is 6.54 Å². The van der Waals surface area contributed by atoms with Gasteiger partial charge in [-0.05, 0) is 6.42 Å². The zero-order chi connectivity index (χ0) is 5.98. The highest BCUT2D eigenvalue weighted by Crippen LogP contribution is 2.05. The molecule has 48 valence electrons. The van der Waals surface area contributed by atoms with E-state index in [9.17, 15) is 0 Å². The second kappa shape index (κ2) is 2.46. The molecule has 0 aromatic carbocycles. The number of hydrogen-bond acceptors (Lipinski definition) is 1. The molecular formula is C6H15N2+. The monoisotopic (exact) mass is 115 g/mol. The van der Waals surface area contributed by atoms with Crippen LogP contribution in [-0.2, 0) is 0 Å².